The van der Waals surface area contributed by atoms with Gasteiger partial charge in [0.1, 0.15) is 6.10 Å². The fourth-order valence-electron chi connectivity index (χ4n) is 11.3. The monoisotopic (exact) mass is 651 g/mol. The van der Waals surface area contributed by atoms with Gasteiger partial charge in [0, 0.05) is 12.8 Å². The van der Waals surface area contributed by atoms with E-state index >= 15 is 0 Å². The highest BCUT2D eigenvalue weighted by molar-refractivity contribution is 5.69. The van der Waals surface area contributed by atoms with Crippen molar-refractivity contribution in [1.29, 1.82) is 0 Å². The van der Waals surface area contributed by atoms with Gasteiger partial charge < -0.3 is 4.74 Å². The van der Waals surface area contributed by atoms with Crippen LogP contribution < -0.4 is 0 Å². The molecule has 0 N–H and O–H groups in total. The smallest absolute Gasteiger partial charge is 0.306 e. The van der Waals surface area contributed by atoms with Gasteiger partial charge in [0.05, 0.1) is 0 Å². The molecule has 0 radical (unpaired) electrons. The largest absolute Gasteiger partial charge is 0.462 e. The Morgan fingerprint density at radius 1 is 0.809 bits per heavy atom. The third kappa shape index (κ3) is 10.7. The molecule has 3 saturated carbocycles. The van der Waals surface area contributed by atoms with Crippen molar-refractivity contribution in [2.24, 2.45) is 46.3 Å². The van der Waals surface area contributed by atoms with Crippen molar-refractivity contribution in [2.75, 3.05) is 0 Å². The van der Waals surface area contributed by atoms with Gasteiger partial charge in [-0.15, -0.1) is 0 Å². The molecule has 0 spiro atoms. The second-order valence-electron chi connectivity index (χ2n) is 18.0. The van der Waals surface area contributed by atoms with Crippen molar-refractivity contribution in [3.05, 3.63) is 23.8 Å². The Labute approximate surface area is 293 Å². The Morgan fingerprint density at radius 3 is 2.19 bits per heavy atom. The molecule has 4 unspecified atom stereocenters. The number of unbranched alkanes of at least 4 members (excludes halogenated alkanes) is 11. The normalized spacial score (nSPS) is 32.6. The maximum Gasteiger partial charge on any atom is 0.306 e. The van der Waals surface area contributed by atoms with Crippen molar-refractivity contribution >= 4 is 5.97 Å². The Hall–Kier alpha value is -1.05. The lowest BCUT2D eigenvalue weighted by molar-refractivity contribution is -0.151. The maximum atomic E-state index is 12.8. The lowest BCUT2D eigenvalue weighted by Crippen LogP contribution is -2.51. The third-order valence-electron chi connectivity index (χ3n) is 14.2. The summed E-state index contributed by atoms with van der Waals surface area (Å²) in [7, 11) is 0. The molecule has 8 atom stereocenters. The highest BCUT2D eigenvalue weighted by Crippen LogP contribution is 2.67. The van der Waals surface area contributed by atoms with E-state index in [2.05, 4.69) is 59.8 Å². The van der Waals surface area contributed by atoms with Gasteiger partial charge in [-0.25, -0.2) is 0 Å². The van der Waals surface area contributed by atoms with Crippen LogP contribution in [0.3, 0.4) is 0 Å². The van der Waals surface area contributed by atoms with E-state index in [4.69, 9.17) is 4.74 Å². The zero-order valence-corrected chi connectivity index (χ0v) is 32.3. The van der Waals surface area contributed by atoms with Gasteiger partial charge in [-0.1, -0.05) is 136 Å². The van der Waals surface area contributed by atoms with Crippen LogP contribution in [0.4, 0.5) is 0 Å². The van der Waals surface area contributed by atoms with Gasteiger partial charge >= 0.3 is 5.97 Å². The second kappa shape index (κ2) is 19.4. The molecule has 2 heteroatoms. The molecule has 0 aliphatic heterocycles. The van der Waals surface area contributed by atoms with Crippen molar-refractivity contribution < 1.29 is 9.53 Å². The molecule has 3 fully saturated rings. The van der Waals surface area contributed by atoms with E-state index in [1.807, 2.05) is 0 Å². The Kier molecular flexibility index (Phi) is 16.0. The first-order valence-corrected chi connectivity index (χ1v) is 21.2. The zero-order chi connectivity index (χ0) is 33.7. The number of ether oxygens (including phenoxy) is 1. The molecule has 4 rings (SSSR count). The van der Waals surface area contributed by atoms with Crippen LogP contribution in [-0.4, -0.2) is 12.1 Å². The molecular weight excluding hydrogens is 572 g/mol. The molecule has 0 aromatic rings. The van der Waals surface area contributed by atoms with Crippen molar-refractivity contribution in [3.63, 3.8) is 0 Å². The molecular formula is C45H78O2. The number of carbonyl (C=O) groups is 1. The molecule has 4 aliphatic rings. The van der Waals surface area contributed by atoms with Gasteiger partial charge in [0.2, 0.25) is 0 Å². The number of hydrogen-bond acceptors (Lipinski definition) is 2. The van der Waals surface area contributed by atoms with Crippen molar-refractivity contribution in [2.45, 2.75) is 208 Å². The predicted octanol–water partition coefficient (Wildman–Crippen LogP) is 14.0. The van der Waals surface area contributed by atoms with Crippen LogP contribution in [0.15, 0.2) is 23.8 Å². The number of fused-ring (bicyclic) bond motifs is 5. The summed E-state index contributed by atoms with van der Waals surface area (Å²) in [4.78, 5) is 12.8. The molecule has 0 saturated heterocycles. The van der Waals surface area contributed by atoms with Gasteiger partial charge in [-0.05, 0) is 123 Å². The van der Waals surface area contributed by atoms with Gasteiger partial charge in [0.25, 0.3) is 0 Å². The summed E-state index contributed by atoms with van der Waals surface area (Å²) in [6.07, 6.45) is 39.5. The predicted molar refractivity (Wildman–Crippen MR) is 202 cm³/mol. The van der Waals surface area contributed by atoms with E-state index in [-0.39, 0.29) is 12.1 Å². The topological polar surface area (TPSA) is 26.3 Å². The van der Waals surface area contributed by atoms with Crippen molar-refractivity contribution in [3.8, 4) is 0 Å². The number of hydrogen-bond donors (Lipinski definition) is 0. The summed E-state index contributed by atoms with van der Waals surface area (Å²) in [5.41, 5.74) is 2.53. The Morgan fingerprint density at radius 2 is 1.49 bits per heavy atom. The molecule has 4 aliphatic carbocycles. The van der Waals surface area contributed by atoms with Crippen LogP contribution >= 0.6 is 0 Å². The first-order chi connectivity index (χ1) is 22.7. The third-order valence-corrected chi connectivity index (χ3v) is 14.2. The SMILES string of the molecule is CCCCCCCC/C=C/CCCCCCCC(=O)O[C@H]1CC[C@@]2(C)C(=CCC3C2CC[C@@]2(C)C3CC[C@@H]2C(C)CCCC(C)C)C1. The molecule has 0 heterocycles. The highest BCUT2D eigenvalue weighted by atomic mass is 16.5. The summed E-state index contributed by atoms with van der Waals surface area (Å²) in [6.45, 7) is 14.9. The van der Waals surface area contributed by atoms with Crippen LogP contribution in [0.2, 0.25) is 0 Å². The summed E-state index contributed by atoms with van der Waals surface area (Å²) in [5.74, 6) is 5.31. The standard InChI is InChI=1S/C45H78O2/c1-7-8-9-10-11-12-13-14-15-16-17-18-19-20-21-25-43(46)47-38-30-32-44(5)37(34-38)26-27-39-41-29-28-40(36(4)24-22-23-35(2)3)45(41,6)33-31-42(39)44/h14-15,26,35-36,38-42H,7-13,16-25,27-34H2,1-6H3/b15-14+/t36?,38-,39?,40+,41?,42?,44-,45+/m0/s1. The molecule has 0 bridgehead atoms. The van der Waals surface area contributed by atoms with E-state index in [0.717, 1.165) is 61.2 Å². The van der Waals surface area contributed by atoms with Crippen LogP contribution in [0.25, 0.3) is 0 Å². The van der Waals surface area contributed by atoms with E-state index < -0.39 is 0 Å². The lowest BCUT2D eigenvalue weighted by Gasteiger charge is -2.58. The first kappa shape index (κ1) is 38.7. The average Bonchev–Trinajstić information content (AvgIpc) is 3.40. The zero-order valence-electron chi connectivity index (χ0n) is 32.3. The van der Waals surface area contributed by atoms with E-state index in [1.165, 1.54) is 128 Å². The Balaban J connectivity index is 1.12. The molecule has 2 nitrogen and oxygen atoms in total. The number of carbonyl (C=O) groups excluding carboxylic acids is 1. The molecule has 0 aromatic carbocycles. The molecule has 0 amide bonds. The summed E-state index contributed by atoms with van der Waals surface area (Å²) in [6, 6.07) is 0. The fraction of sp³-hybridized carbons (Fsp3) is 0.889. The summed E-state index contributed by atoms with van der Waals surface area (Å²) >= 11 is 0. The van der Waals surface area contributed by atoms with E-state index in [9.17, 15) is 4.79 Å². The highest BCUT2D eigenvalue weighted by Gasteiger charge is 2.59. The van der Waals surface area contributed by atoms with Gasteiger partial charge in [-0.3, -0.25) is 4.79 Å². The summed E-state index contributed by atoms with van der Waals surface area (Å²) < 4.78 is 6.12. The quantitative estimate of drug-likeness (QED) is 0.0702. The Bertz CT molecular complexity index is 976. The van der Waals surface area contributed by atoms with E-state index in [0.29, 0.717) is 17.3 Å². The average molecular weight is 651 g/mol. The molecule has 0 aromatic heterocycles. The fourth-order valence-corrected chi connectivity index (χ4v) is 11.3. The molecule has 270 valence electrons. The van der Waals surface area contributed by atoms with E-state index in [1.54, 1.807) is 5.57 Å². The number of allylic oxidation sites excluding steroid dienone is 3. The lowest BCUT2D eigenvalue weighted by atomic mass is 9.47. The minimum absolute atomic E-state index is 0.0541. The minimum atomic E-state index is 0.0541. The summed E-state index contributed by atoms with van der Waals surface area (Å²) in [5, 5.41) is 0. The van der Waals surface area contributed by atoms with Crippen LogP contribution in [-0.2, 0) is 9.53 Å². The van der Waals surface area contributed by atoms with Gasteiger partial charge in [-0.2, -0.15) is 0 Å². The van der Waals surface area contributed by atoms with Crippen LogP contribution in [0.5, 0.6) is 0 Å². The first-order valence-electron chi connectivity index (χ1n) is 21.2. The van der Waals surface area contributed by atoms with Crippen molar-refractivity contribution in [1.82, 2.24) is 0 Å². The maximum absolute atomic E-state index is 12.8. The molecule has 47 heavy (non-hydrogen) atoms. The second-order valence-corrected chi connectivity index (χ2v) is 18.0. The van der Waals surface area contributed by atoms with Crippen LogP contribution in [0, 0.1) is 46.3 Å². The van der Waals surface area contributed by atoms with Crippen LogP contribution in [0.1, 0.15) is 202 Å². The van der Waals surface area contributed by atoms with Gasteiger partial charge in [0.15, 0.2) is 0 Å². The minimum Gasteiger partial charge on any atom is -0.462 e. The number of esters is 1. The number of rotatable bonds is 21.